The molecule has 1 heterocycles. The second-order valence-corrected chi connectivity index (χ2v) is 9.49. The molecule has 2 aromatic carbocycles. The van der Waals surface area contributed by atoms with E-state index in [1.54, 1.807) is 6.07 Å². The Bertz CT molecular complexity index is 1070. The van der Waals surface area contributed by atoms with Gasteiger partial charge in [-0.1, -0.05) is 6.92 Å². The van der Waals surface area contributed by atoms with Crippen molar-refractivity contribution in [1.29, 1.82) is 0 Å². The molecule has 0 saturated carbocycles. The van der Waals surface area contributed by atoms with Gasteiger partial charge in [-0.15, -0.1) is 0 Å². The summed E-state index contributed by atoms with van der Waals surface area (Å²) in [5.74, 6) is -0.658. The van der Waals surface area contributed by atoms with E-state index < -0.39 is 21.3 Å². The number of ether oxygens (including phenoxy) is 1. The maximum absolute atomic E-state index is 12.6. The number of phenols is 1. The molecule has 0 bridgehead atoms. The molecule has 3 rings (SSSR count). The van der Waals surface area contributed by atoms with Gasteiger partial charge < -0.3 is 15.2 Å². The first kappa shape index (κ1) is 19.9. The molecule has 1 aliphatic rings. The molecule has 0 radical (unpaired) electrons. The smallest absolute Gasteiger partial charge is 0.255 e. The lowest BCUT2D eigenvalue weighted by molar-refractivity contribution is 0.0620. The number of fused-ring (bicyclic) bond motifs is 1. The second-order valence-electron chi connectivity index (χ2n) is 7.21. The minimum atomic E-state index is -3.49. The number of hydrogen-bond donors (Lipinski definition) is 2. The summed E-state index contributed by atoms with van der Waals surface area (Å²) < 4.78 is 29.8. The Kier molecular flexibility index (Phi) is 4.93. The zero-order chi connectivity index (χ0) is 20.7. The van der Waals surface area contributed by atoms with Crippen LogP contribution in [-0.4, -0.2) is 36.6 Å². The Hall–Kier alpha value is -2.87. The van der Waals surface area contributed by atoms with Crippen molar-refractivity contribution < 1.29 is 27.9 Å². The number of anilines is 1. The van der Waals surface area contributed by atoms with E-state index in [4.69, 9.17) is 4.74 Å². The number of rotatable bonds is 4. The van der Waals surface area contributed by atoms with Gasteiger partial charge in [0.2, 0.25) is 0 Å². The summed E-state index contributed by atoms with van der Waals surface area (Å²) in [7, 11) is -3.49. The van der Waals surface area contributed by atoms with Crippen LogP contribution in [0.4, 0.5) is 5.69 Å². The number of Topliss-reactive ketones (excluding diaryl/α,β-unsaturated/α-hetero) is 1. The zero-order valence-corrected chi connectivity index (χ0v) is 16.6. The van der Waals surface area contributed by atoms with Crippen LogP contribution in [-0.2, 0) is 9.84 Å². The molecule has 8 heteroatoms. The summed E-state index contributed by atoms with van der Waals surface area (Å²) in [5.41, 5.74) is -0.122. The van der Waals surface area contributed by atoms with Crippen LogP contribution in [0.1, 0.15) is 47.9 Å². The van der Waals surface area contributed by atoms with Crippen LogP contribution in [0, 0.1) is 0 Å². The minimum Gasteiger partial charge on any atom is -0.506 e. The van der Waals surface area contributed by atoms with Gasteiger partial charge in [0.1, 0.15) is 17.1 Å². The molecule has 1 amide bonds. The lowest BCUT2D eigenvalue weighted by Gasteiger charge is -2.31. The van der Waals surface area contributed by atoms with E-state index in [-0.39, 0.29) is 39.9 Å². The molecule has 0 spiro atoms. The van der Waals surface area contributed by atoms with Gasteiger partial charge in [-0.05, 0) is 50.2 Å². The molecule has 28 heavy (non-hydrogen) atoms. The number of carbonyl (C=O) groups is 2. The third-order valence-electron chi connectivity index (χ3n) is 4.47. The van der Waals surface area contributed by atoms with E-state index in [2.05, 4.69) is 5.32 Å². The van der Waals surface area contributed by atoms with E-state index >= 15 is 0 Å². The zero-order valence-electron chi connectivity index (χ0n) is 15.8. The van der Waals surface area contributed by atoms with Gasteiger partial charge in [0.25, 0.3) is 5.91 Å². The fourth-order valence-electron chi connectivity index (χ4n) is 2.96. The van der Waals surface area contributed by atoms with Crippen molar-refractivity contribution in [2.45, 2.75) is 37.7 Å². The van der Waals surface area contributed by atoms with Crippen LogP contribution in [0.25, 0.3) is 0 Å². The predicted octanol–water partition coefficient (Wildman–Crippen LogP) is 3.18. The lowest BCUT2D eigenvalue weighted by Crippen LogP contribution is -2.36. The molecule has 0 atom stereocenters. The van der Waals surface area contributed by atoms with E-state index in [0.717, 1.165) is 0 Å². The summed E-state index contributed by atoms with van der Waals surface area (Å²) in [6.07, 6.45) is 0.197. The van der Waals surface area contributed by atoms with Crippen LogP contribution >= 0.6 is 0 Å². The quantitative estimate of drug-likeness (QED) is 0.759. The van der Waals surface area contributed by atoms with Crippen molar-refractivity contribution in [3.05, 3.63) is 47.5 Å². The van der Waals surface area contributed by atoms with Crippen molar-refractivity contribution in [2.24, 2.45) is 0 Å². The number of carbonyl (C=O) groups excluding carboxylic acids is 2. The number of ketones is 1. The Balaban J connectivity index is 1.90. The van der Waals surface area contributed by atoms with Gasteiger partial charge in [-0.25, -0.2) is 8.42 Å². The molecule has 2 N–H and O–H groups in total. The molecule has 7 nitrogen and oxygen atoms in total. The second kappa shape index (κ2) is 6.94. The van der Waals surface area contributed by atoms with Crippen LogP contribution < -0.4 is 10.1 Å². The topological polar surface area (TPSA) is 110 Å². The van der Waals surface area contributed by atoms with Gasteiger partial charge in [0.15, 0.2) is 15.6 Å². The van der Waals surface area contributed by atoms with Crippen LogP contribution in [0.2, 0.25) is 0 Å². The number of aromatic hydroxyl groups is 1. The molecule has 0 saturated heterocycles. The third kappa shape index (κ3) is 3.87. The van der Waals surface area contributed by atoms with E-state index in [9.17, 15) is 23.1 Å². The predicted molar refractivity (Wildman–Crippen MR) is 104 cm³/mol. The largest absolute Gasteiger partial charge is 0.506 e. The highest BCUT2D eigenvalue weighted by molar-refractivity contribution is 7.91. The minimum absolute atomic E-state index is 0.000602. The number of amides is 1. The van der Waals surface area contributed by atoms with E-state index in [0.29, 0.717) is 11.3 Å². The summed E-state index contributed by atoms with van der Waals surface area (Å²) in [5, 5.41) is 12.5. The van der Waals surface area contributed by atoms with Gasteiger partial charge in [-0.2, -0.15) is 0 Å². The molecule has 2 aromatic rings. The van der Waals surface area contributed by atoms with Gasteiger partial charge in [0.05, 0.1) is 28.3 Å². The Morgan fingerprint density at radius 2 is 1.93 bits per heavy atom. The van der Waals surface area contributed by atoms with E-state index in [1.807, 2.05) is 13.8 Å². The highest BCUT2D eigenvalue weighted by atomic mass is 32.2. The molecule has 0 aromatic heterocycles. The molecular weight excluding hydrogens is 382 g/mol. The number of phenolic OH excluding ortho intramolecular Hbond substituents is 1. The summed E-state index contributed by atoms with van der Waals surface area (Å²) in [6, 6.07) is 8.20. The number of sulfone groups is 1. The Morgan fingerprint density at radius 3 is 2.61 bits per heavy atom. The first-order valence-electron chi connectivity index (χ1n) is 8.76. The Labute approximate surface area is 163 Å². The maximum atomic E-state index is 12.6. The molecule has 0 aliphatic carbocycles. The fraction of sp³-hybridized carbons (Fsp3) is 0.300. The van der Waals surface area contributed by atoms with Crippen molar-refractivity contribution in [3.8, 4) is 11.5 Å². The first-order chi connectivity index (χ1) is 13.0. The first-order valence-corrected chi connectivity index (χ1v) is 10.4. The third-order valence-corrected chi connectivity index (χ3v) is 6.20. The molecule has 0 fully saturated rings. The van der Waals surface area contributed by atoms with Gasteiger partial charge in [0, 0.05) is 5.56 Å². The maximum Gasteiger partial charge on any atom is 0.255 e. The van der Waals surface area contributed by atoms with E-state index in [1.165, 1.54) is 37.3 Å². The summed E-state index contributed by atoms with van der Waals surface area (Å²) in [6.45, 7) is 5.14. The molecular formula is C20H21NO6S. The molecule has 1 aliphatic heterocycles. The average Bonchev–Trinajstić information content (AvgIpc) is 2.62. The fourth-order valence-corrected chi connectivity index (χ4v) is 3.87. The standard InChI is InChI=1S/C20H21NO6S/c1-4-28(25,26)13-6-7-16(22)15(10-13)21-19(24)12-5-8-18-14(9-12)17(23)11-20(2,3)27-18/h5-10,22H,4,11H2,1-3H3,(H,21,24). The van der Waals surface area contributed by atoms with Gasteiger partial charge in [-0.3, -0.25) is 9.59 Å². The SMILES string of the molecule is CCS(=O)(=O)c1ccc(O)c(NC(=O)c2ccc3c(c2)C(=O)CC(C)(C)O3)c1. The normalized spacial score (nSPS) is 15.5. The number of nitrogens with one attached hydrogen (secondary N) is 1. The average molecular weight is 403 g/mol. The number of hydrogen-bond acceptors (Lipinski definition) is 6. The molecule has 148 valence electrons. The Morgan fingerprint density at radius 1 is 1.21 bits per heavy atom. The van der Waals surface area contributed by atoms with Crippen LogP contribution in [0.3, 0.4) is 0 Å². The monoisotopic (exact) mass is 403 g/mol. The van der Waals surface area contributed by atoms with Crippen LogP contribution in [0.5, 0.6) is 11.5 Å². The van der Waals surface area contributed by atoms with Crippen molar-refractivity contribution in [1.82, 2.24) is 0 Å². The van der Waals surface area contributed by atoms with Crippen LogP contribution in [0.15, 0.2) is 41.3 Å². The van der Waals surface area contributed by atoms with Gasteiger partial charge >= 0.3 is 0 Å². The van der Waals surface area contributed by atoms with Crippen molar-refractivity contribution in [3.63, 3.8) is 0 Å². The van der Waals surface area contributed by atoms with Crippen molar-refractivity contribution >= 4 is 27.2 Å². The van der Waals surface area contributed by atoms with Crippen molar-refractivity contribution in [2.75, 3.05) is 11.1 Å². The highest BCUT2D eigenvalue weighted by Gasteiger charge is 2.32. The summed E-state index contributed by atoms with van der Waals surface area (Å²) in [4.78, 5) is 25.0. The highest BCUT2D eigenvalue weighted by Crippen LogP contribution is 2.34. The lowest BCUT2D eigenvalue weighted by atomic mass is 9.92. The number of benzene rings is 2. The summed E-state index contributed by atoms with van der Waals surface area (Å²) >= 11 is 0. The molecule has 0 unspecified atom stereocenters.